The molecule has 2 aromatic rings. The predicted octanol–water partition coefficient (Wildman–Crippen LogP) is 4.82. The van der Waals surface area contributed by atoms with Crippen molar-refractivity contribution in [2.24, 2.45) is 0 Å². The highest BCUT2D eigenvalue weighted by Crippen LogP contribution is 2.22. The average molecular weight is 392 g/mol. The Morgan fingerprint density at radius 2 is 1.88 bits per heavy atom. The van der Waals surface area contributed by atoms with Crippen molar-refractivity contribution in [2.75, 3.05) is 0 Å². The SMILES string of the molecule is CCC(C)c1ccc(C(CC)NC(=O)CCn2cc(Br)cn2)cc1. The molecule has 130 valence electrons. The molecule has 4 nitrogen and oxygen atoms in total. The quantitative estimate of drug-likeness (QED) is 0.700. The molecule has 24 heavy (non-hydrogen) atoms. The van der Waals surface area contributed by atoms with Crippen LogP contribution >= 0.6 is 15.9 Å². The van der Waals surface area contributed by atoms with Gasteiger partial charge in [0, 0.05) is 19.2 Å². The molecular formula is C19H26BrN3O. The van der Waals surface area contributed by atoms with Crippen LogP contribution in [0.2, 0.25) is 0 Å². The summed E-state index contributed by atoms with van der Waals surface area (Å²) in [5.74, 6) is 0.626. The zero-order valence-corrected chi connectivity index (χ0v) is 16.2. The molecule has 1 heterocycles. The van der Waals surface area contributed by atoms with Crippen molar-refractivity contribution in [3.8, 4) is 0 Å². The van der Waals surface area contributed by atoms with Gasteiger partial charge in [-0.05, 0) is 45.8 Å². The first-order chi connectivity index (χ1) is 11.5. The zero-order valence-electron chi connectivity index (χ0n) is 14.6. The van der Waals surface area contributed by atoms with Gasteiger partial charge in [0.25, 0.3) is 0 Å². The minimum absolute atomic E-state index is 0.0551. The third-order valence-electron chi connectivity index (χ3n) is 4.43. The van der Waals surface area contributed by atoms with Crippen molar-refractivity contribution >= 4 is 21.8 Å². The third-order valence-corrected chi connectivity index (χ3v) is 4.84. The molecule has 5 heteroatoms. The Morgan fingerprint density at radius 3 is 2.42 bits per heavy atom. The molecule has 0 fully saturated rings. The van der Waals surface area contributed by atoms with Crippen LogP contribution < -0.4 is 5.32 Å². The molecule has 0 saturated carbocycles. The maximum Gasteiger partial charge on any atom is 0.222 e. The lowest BCUT2D eigenvalue weighted by atomic mass is 9.95. The van der Waals surface area contributed by atoms with Gasteiger partial charge in [-0.15, -0.1) is 0 Å². The number of aryl methyl sites for hydroxylation is 1. The Hall–Kier alpha value is -1.62. The van der Waals surface area contributed by atoms with Crippen LogP contribution in [0.5, 0.6) is 0 Å². The van der Waals surface area contributed by atoms with E-state index in [1.807, 2.05) is 6.20 Å². The van der Waals surface area contributed by atoms with E-state index < -0.39 is 0 Å². The van der Waals surface area contributed by atoms with Crippen molar-refractivity contribution in [2.45, 2.75) is 58.5 Å². The lowest BCUT2D eigenvalue weighted by molar-refractivity contribution is -0.122. The number of carbonyl (C=O) groups is 1. The number of aromatic nitrogens is 2. The second-order valence-electron chi connectivity index (χ2n) is 6.18. The van der Waals surface area contributed by atoms with Gasteiger partial charge in [-0.25, -0.2) is 0 Å². The largest absolute Gasteiger partial charge is 0.349 e. The van der Waals surface area contributed by atoms with Crippen molar-refractivity contribution in [3.05, 3.63) is 52.3 Å². The molecule has 1 amide bonds. The highest BCUT2D eigenvalue weighted by Gasteiger charge is 2.13. The fourth-order valence-electron chi connectivity index (χ4n) is 2.66. The lowest BCUT2D eigenvalue weighted by Crippen LogP contribution is -2.29. The number of benzene rings is 1. The van der Waals surface area contributed by atoms with Crippen molar-refractivity contribution < 1.29 is 4.79 Å². The predicted molar refractivity (Wildman–Crippen MR) is 101 cm³/mol. The monoisotopic (exact) mass is 391 g/mol. The summed E-state index contributed by atoms with van der Waals surface area (Å²) in [6.45, 7) is 7.12. The number of hydrogen-bond donors (Lipinski definition) is 1. The van der Waals surface area contributed by atoms with Crippen LogP contribution in [0.15, 0.2) is 41.1 Å². The molecule has 1 aromatic carbocycles. The zero-order chi connectivity index (χ0) is 17.5. The summed E-state index contributed by atoms with van der Waals surface area (Å²) in [5.41, 5.74) is 2.52. The fourth-order valence-corrected chi connectivity index (χ4v) is 2.98. The molecule has 1 aromatic heterocycles. The summed E-state index contributed by atoms with van der Waals surface area (Å²) in [7, 11) is 0. The highest BCUT2D eigenvalue weighted by atomic mass is 79.9. The van der Waals surface area contributed by atoms with Crippen molar-refractivity contribution in [1.29, 1.82) is 0 Å². The van der Waals surface area contributed by atoms with Gasteiger partial charge in [0.05, 0.1) is 16.7 Å². The number of nitrogens with one attached hydrogen (secondary N) is 1. The molecule has 0 aliphatic heterocycles. The average Bonchev–Trinajstić information content (AvgIpc) is 3.02. The van der Waals surface area contributed by atoms with Crippen LogP contribution in [-0.4, -0.2) is 15.7 Å². The molecular weight excluding hydrogens is 366 g/mol. The van der Waals surface area contributed by atoms with Gasteiger partial charge in [-0.1, -0.05) is 45.0 Å². The molecule has 2 rings (SSSR count). The fraction of sp³-hybridized carbons (Fsp3) is 0.474. The molecule has 2 atom stereocenters. The van der Waals surface area contributed by atoms with Gasteiger partial charge in [-0.2, -0.15) is 5.10 Å². The smallest absolute Gasteiger partial charge is 0.222 e. The third kappa shape index (κ3) is 5.20. The molecule has 0 spiro atoms. The van der Waals surface area contributed by atoms with E-state index in [9.17, 15) is 4.79 Å². The second-order valence-corrected chi connectivity index (χ2v) is 7.09. The number of carbonyl (C=O) groups excluding carboxylic acids is 1. The van der Waals surface area contributed by atoms with Crippen LogP contribution in [0.3, 0.4) is 0 Å². The van der Waals surface area contributed by atoms with Crippen LogP contribution in [0.4, 0.5) is 0 Å². The van der Waals surface area contributed by atoms with E-state index in [0.717, 1.165) is 17.3 Å². The van der Waals surface area contributed by atoms with E-state index in [2.05, 4.69) is 71.4 Å². The lowest BCUT2D eigenvalue weighted by Gasteiger charge is -2.19. The summed E-state index contributed by atoms with van der Waals surface area (Å²) in [5, 5.41) is 7.30. The number of amides is 1. The Labute approximate surface area is 152 Å². The summed E-state index contributed by atoms with van der Waals surface area (Å²) >= 11 is 3.36. The first kappa shape index (κ1) is 18.7. The van der Waals surface area contributed by atoms with Gasteiger partial charge < -0.3 is 5.32 Å². The van der Waals surface area contributed by atoms with Gasteiger partial charge in [0.1, 0.15) is 0 Å². The maximum absolute atomic E-state index is 12.2. The van der Waals surface area contributed by atoms with E-state index in [-0.39, 0.29) is 11.9 Å². The molecule has 0 radical (unpaired) electrons. The van der Waals surface area contributed by atoms with Gasteiger partial charge >= 0.3 is 0 Å². The Morgan fingerprint density at radius 1 is 1.21 bits per heavy atom. The number of halogens is 1. The summed E-state index contributed by atoms with van der Waals surface area (Å²) < 4.78 is 2.70. The maximum atomic E-state index is 12.2. The highest BCUT2D eigenvalue weighted by molar-refractivity contribution is 9.10. The topological polar surface area (TPSA) is 46.9 Å². The molecule has 0 saturated heterocycles. The minimum Gasteiger partial charge on any atom is -0.349 e. The van der Waals surface area contributed by atoms with E-state index >= 15 is 0 Å². The van der Waals surface area contributed by atoms with Crippen LogP contribution in [0, 0.1) is 0 Å². The summed E-state index contributed by atoms with van der Waals surface area (Å²) in [4.78, 5) is 12.2. The molecule has 2 unspecified atom stereocenters. The van der Waals surface area contributed by atoms with Crippen LogP contribution in [0.25, 0.3) is 0 Å². The van der Waals surface area contributed by atoms with Gasteiger partial charge in [-0.3, -0.25) is 9.48 Å². The number of hydrogen-bond acceptors (Lipinski definition) is 2. The standard InChI is InChI=1S/C19H26BrN3O/c1-4-14(3)15-6-8-16(9-7-15)18(5-2)22-19(24)10-11-23-13-17(20)12-21-23/h6-9,12-14,18H,4-5,10-11H2,1-3H3,(H,22,24). The number of nitrogens with zero attached hydrogens (tertiary/aromatic N) is 2. The van der Waals surface area contributed by atoms with E-state index in [0.29, 0.717) is 18.9 Å². The first-order valence-electron chi connectivity index (χ1n) is 8.60. The van der Waals surface area contributed by atoms with Crippen LogP contribution in [-0.2, 0) is 11.3 Å². The van der Waals surface area contributed by atoms with E-state index in [1.165, 1.54) is 11.1 Å². The summed E-state index contributed by atoms with van der Waals surface area (Å²) in [6, 6.07) is 8.70. The Balaban J connectivity index is 1.91. The van der Waals surface area contributed by atoms with Crippen molar-refractivity contribution in [3.63, 3.8) is 0 Å². The Bertz CT molecular complexity index is 651. The molecule has 0 bridgehead atoms. The second kappa shape index (κ2) is 9.02. The molecule has 0 aliphatic carbocycles. The summed E-state index contributed by atoms with van der Waals surface area (Å²) in [6.07, 6.45) is 6.04. The van der Waals surface area contributed by atoms with E-state index in [4.69, 9.17) is 0 Å². The normalized spacial score (nSPS) is 13.5. The molecule has 0 aliphatic rings. The van der Waals surface area contributed by atoms with Gasteiger partial charge in [0.15, 0.2) is 0 Å². The van der Waals surface area contributed by atoms with Gasteiger partial charge in [0.2, 0.25) is 5.91 Å². The van der Waals surface area contributed by atoms with E-state index in [1.54, 1.807) is 10.9 Å². The Kier molecular flexibility index (Phi) is 7.03. The first-order valence-corrected chi connectivity index (χ1v) is 9.40. The number of rotatable bonds is 8. The van der Waals surface area contributed by atoms with Crippen LogP contribution in [0.1, 0.15) is 63.1 Å². The molecule has 1 N–H and O–H groups in total. The van der Waals surface area contributed by atoms with Crippen molar-refractivity contribution in [1.82, 2.24) is 15.1 Å². The minimum atomic E-state index is 0.0551.